The fourth-order valence-corrected chi connectivity index (χ4v) is 4.76. The topological polar surface area (TPSA) is 126 Å². The fraction of sp³-hybridized carbons (Fsp3) is 0.296. The van der Waals surface area contributed by atoms with Crippen molar-refractivity contribution in [2.75, 3.05) is 16.9 Å². The molecule has 9 nitrogen and oxygen atoms in total. The molecule has 4 rings (SSSR count). The fourth-order valence-electron chi connectivity index (χ4n) is 4.09. The van der Waals surface area contributed by atoms with Gasteiger partial charge < -0.3 is 15.4 Å². The number of para-hydroxylation sites is 1. The minimum absolute atomic E-state index is 0.00909. The molecule has 1 heterocycles. The van der Waals surface area contributed by atoms with Crippen LogP contribution in [0.25, 0.3) is 0 Å². The van der Waals surface area contributed by atoms with E-state index in [4.69, 9.17) is 4.74 Å². The Hall–Kier alpha value is -3.99. The van der Waals surface area contributed by atoms with E-state index in [1.54, 1.807) is 51.1 Å². The standard InChI is InChI=1S/C27H29FN4O5S/c1-27(2,3)37-26(34)30-19-14-23(32-24(15-19)31-22-8-6-5-7-21(22)28)25(33)29-18-11-16-9-10-20(38(4,35)36)13-17(16)12-18/h5-10,13-15,18H,11-12H2,1-4H3,(H,29,33)(H2,30,31,32,34). The van der Waals surface area contributed by atoms with Gasteiger partial charge in [-0.25, -0.2) is 22.6 Å². The number of aromatic nitrogens is 1. The molecule has 2 amide bonds. The summed E-state index contributed by atoms with van der Waals surface area (Å²) in [6.07, 6.45) is 1.42. The van der Waals surface area contributed by atoms with Crippen molar-refractivity contribution in [1.82, 2.24) is 10.3 Å². The Morgan fingerprint density at radius 2 is 1.74 bits per heavy atom. The lowest BCUT2D eigenvalue weighted by molar-refractivity contribution is 0.0635. The van der Waals surface area contributed by atoms with Gasteiger partial charge in [-0.15, -0.1) is 0 Å². The normalized spacial score (nSPS) is 14.9. The van der Waals surface area contributed by atoms with Crippen LogP contribution >= 0.6 is 0 Å². The van der Waals surface area contributed by atoms with Gasteiger partial charge in [-0.2, -0.15) is 0 Å². The van der Waals surface area contributed by atoms with Crippen LogP contribution in [0.1, 0.15) is 42.4 Å². The molecule has 2 aromatic carbocycles. The second-order valence-electron chi connectivity index (χ2n) is 10.1. The van der Waals surface area contributed by atoms with Crippen molar-refractivity contribution in [2.24, 2.45) is 0 Å². The van der Waals surface area contributed by atoms with Gasteiger partial charge in [0.2, 0.25) is 0 Å². The summed E-state index contributed by atoms with van der Waals surface area (Å²) in [4.78, 5) is 30.1. The van der Waals surface area contributed by atoms with E-state index in [2.05, 4.69) is 20.9 Å². The van der Waals surface area contributed by atoms with Crippen LogP contribution in [0.4, 0.5) is 26.4 Å². The Morgan fingerprint density at radius 1 is 1.03 bits per heavy atom. The van der Waals surface area contributed by atoms with Gasteiger partial charge in [0.15, 0.2) is 9.84 Å². The molecule has 0 fully saturated rings. The molecule has 0 saturated heterocycles. The molecule has 3 N–H and O–H groups in total. The molecular formula is C27H29FN4O5S. The predicted octanol–water partition coefficient (Wildman–Crippen LogP) is 4.61. The number of carbonyl (C=O) groups is 2. The lowest BCUT2D eigenvalue weighted by atomic mass is 10.1. The molecule has 38 heavy (non-hydrogen) atoms. The zero-order valence-corrected chi connectivity index (χ0v) is 22.3. The number of halogens is 1. The van der Waals surface area contributed by atoms with E-state index < -0.39 is 33.3 Å². The van der Waals surface area contributed by atoms with E-state index in [-0.39, 0.29) is 33.8 Å². The first-order valence-electron chi connectivity index (χ1n) is 11.9. The number of hydrogen-bond donors (Lipinski definition) is 3. The van der Waals surface area contributed by atoms with Crippen LogP contribution in [-0.4, -0.2) is 43.3 Å². The minimum Gasteiger partial charge on any atom is -0.444 e. The molecule has 0 radical (unpaired) electrons. The monoisotopic (exact) mass is 540 g/mol. The summed E-state index contributed by atoms with van der Waals surface area (Å²) < 4.78 is 43.3. The first-order chi connectivity index (χ1) is 17.8. The Bertz CT molecular complexity index is 1500. The Labute approximate surface area is 220 Å². The smallest absolute Gasteiger partial charge is 0.412 e. The van der Waals surface area contributed by atoms with E-state index in [0.717, 1.165) is 17.4 Å². The highest BCUT2D eigenvalue weighted by Gasteiger charge is 2.26. The third-order valence-corrected chi connectivity index (χ3v) is 6.82. The number of nitrogens with one attached hydrogen (secondary N) is 3. The quantitative estimate of drug-likeness (QED) is 0.417. The molecule has 1 aromatic heterocycles. The first-order valence-corrected chi connectivity index (χ1v) is 13.8. The number of fused-ring (bicyclic) bond motifs is 1. The molecule has 11 heteroatoms. The molecule has 1 unspecified atom stereocenters. The predicted molar refractivity (Wildman–Crippen MR) is 142 cm³/mol. The number of nitrogens with zero attached hydrogens (tertiary/aromatic N) is 1. The van der Waals surface area contributed by atoms with E-state index in [1.165, 1.54) is 24.3 Å². The Morgan fingerprint density at radius 3 is 2.42 bits per heavy atom. The lowest BCUT2D eigenvalue weighted by Crippen LogP contribution is -2.36. The van der Waals surface area contributed by atoms with Gasteiger partial charge in [0.05, 0.1) is 16.3 Å². The number of anilines is 3. The summed E-state index contributed by atoms with van der Waals surface area (Å²) in [6, 6.07) is 13.5. The number of benzene rings is 2. The third-order valence-electron chi connectivity index (χ3n) is 5.71. The molecule has 0 saturated carbocycles. The van der Waals surface area contributed by atoms with Gasteiger partial charge in [0.1, 0.15) is 22.9 Å². The number of pyridine rings is 1. The highest BCUT2D eigenvalue weighted by Crippen LogP contribution is 2.26. The summed E-state index contributed by atoms with van der Waals surface area (Å²) >= 11 is 0. The molecule has 0 spiro atoms. The van der Waals surface area contributed by atoms with Crippen molar-refractivity contribution in [3.63, 3.8) is 0 Å². The molecule has 200 valence electrons. The zero-order valence-electron chi connectivity index (χ0n) is 21.5. The van der Waals surface area contributed by atoms with Crippen LogP contribution < -0.4 is 16.0 Å². The maximum atomic E-state index is 14.2. The van der Waals surface area contributed by atoms with Gasteiger partial charge in [-0.1, -0.05) is 18.2 Å². The third kappa shape index (κ3) is 6.86. The van der Waals surface area contributed by atoms with Crippen molar-refractivity contribution >= 4 is 39.0 Å². The van der Waals surface area contributed by atoms with Crippen LogP contribution in [0, 0.1) is 5.82 Å². The average molecular weight is 541 g/mol. The van der Waals surface area contributed by atoms with Crippen LogP contribution in [0.2, 0.25) is 0 Å². The number of sulfone groups is 1. The van der Waals surface area contributed by atoms with Crippen molar-refractivity contribution < 1.29 is 27.1 Å². The van der Waals surface area contributed by atoms with Crippen LogP contribution in [0.3, 0.4) is 0 Å². The Kier molecular flexibility index (Phi) is 7.41. The number of carbonyl (C=O) groups excluding carboxylic acids is 2. The zero-order chi connectivity index (χ0) is 27.7. The highest BCUT2D eigenvalue weighted by atomic mass is 32.2. The van der Waals surface area contributed by atoms with E-state index >= 15 is 0 Å². The number of ether oxygens (including phenoxy) is 1. The molecule has 3 aromatic rings. The highest BCUT2D eigenvalue weighted by molar-refractivity contribution is 7.90. The lowest BCUT2D eigenvalue weighted by Gasteiger charge is -2.20. The molecular weight excluding hydrogens is 511 g/mol. The molecule has 0 aliphatic heterocycles. The van der Waals surface area contributed by atoms with Crippen LogP contribution in [0.15, 0.2) is 59.5 Å². The van der Waals surface area contributed by atoms with Crippen molar-refractivity contribution in [2.45, 2.75) is 50.2 Å². The van der Waals surface area contributed by atoms with Gasteiger partial charge in [0.25, 0.3) is 5.91 Å². The average Bonchev–Trinajstić information content (AvgIpc) is 3.20. The largest absolute Gasteiger partial charge is 0.444 e. The number of amides is 2. The minimum atomic E-state index is -3.34. The van der Waals surface area contributed by atoms with Gasteiger partial charge >= 0.3 is 6.09 Å². The molecule has 1 aliphatic rings. The van der Waals surface area contributed by atoms with Gasteiger partial charge in [-0.3, -0.25) is 10.1 Å². The van der Waals surface area contributed by atoms with Crippen molar-refractivity contribution in [1.29, 1.82) is 0 Å². The summed E-state index contributed by atoms with van der Waals surface area (Å²) in [7, 11) is -3.34. The summed E-state index contributed by atoms with van der Waals surface area (Å²) in [5, 5.41) is 8.36. The summed E-state index contributed by atoms with van der Waals surface area (Å²) in [5.41, 5.74) is 1.44. The maximum absolute atomic E-state index is 14.2. The SMILES string of the molecule is CC(C)(C)OC(=O)Nc1cc(Nc2ccccc2F)nc(C(=O)NC2Cc3ccc(S(C)(=O)=O)cc3C2)c1. The van der Waals surface area contributed by atoms with Crippen molar-refractivity contribution in [3.05, 3.63) is 77.2 Å². The molecule has 1 atom stereocenters. The van der Waals surface area contributed by atoms with E-state index in [9.17, 15) is 22.4 Å². The van der Waals surface area contributed by atoms with E-state index in [1.807, 2.05) is 0 Å². The maximum Gasteiger partial charge on any atom is 0.412 e. The number of rotatable bonds is 6. The second kappa shape index (κ2) is 10.4. The summed E-state index contributed by atoms with van der Waals surface area (Å²) in [6.45, 7) is 5.17. The Balaban J connectivity index is 1.56. The summed E-state index contributed by atoms with van der Waals surface area (Å²) in [5.74, 6) is -0.875. The second-order valence-corrected chi connectivity index (χ2v) is 12.2. The van der Waals surface area contributed by atoms with Crippen LogP contribution in [-0.2, 0) is 27.4 Å². The number of hydrogen-bond acceptors (Lipinski definition) is 7. The molecule has 1 aliphatic carbocycles. The molecule has 0 bridgehead atoms. The van der Waals surface area contributed by atoms with Gasteiger partial charge in [-0.05, 0) is 75.1 Å². The van der Waals surface area contributed by atoms with Crippen molar-refractivity contribution in [3.8, 4) is 0 Å². The first kappa shape index (κ1) is 27.1. The van der Waals surface area contributed by atoms with Crippen LogP contribution in [0.5, 0.6) is 0 Å². The van der Waals surface area contributed by atoms with E-state index in [0.29, 0.717) is 12.8 Å². The van der Waals surface area contributed by atoms with Gasteiger partial charge in [0, 0.05) is 18.4 Å².